The third-order valence-corrected chi connectivity index (χ3v) is 2.92. The number of benzene rings is 1. The van der Waals surface area contributed by atoms with Crippen molar-refractivity contribution >= 4 is 15.9 Å². The molecule has 1 aromatic rings. The molecule has 0 aliphatic heterocycles. The van der Waals surface area contributed by atoms with Crippen molar-refractivity contribution < 1.29 is 22.7 Å². The number of hydrogen-bond donors (Lipinski definition) is 2. The summed E-state index contributed by atoms with van der Waals surface area (Å²) in [4.78, 5) is 0. The Labute approximate surface area is 110 Å². The maximum atomic E-state index is 13.5. The lowest BCUT2D eigenvalue weighted by molar-refractivity contribution is -0.202. The largest absolute Gasteiger partial charge is 0.415 e. The summed E-state index contributed by atoms with van der Waals surface area (Å²) in [5, 5.41) is 11.2. The van der Waals surface area contributed by atoms with Gasteiger partial charge in [-0.2, -0.15) is 13.2 Å². The zero-order valence-electron chi connectivity index (χ0n) is 9.43. The average Bonchev–Trinajstić information content (AvgIpc) is 2.24. The summed E-state index contributed by atoms with van der Waals surface area (Å²) in [7, 11) is 0. The molecule has 18 heavy (non-hydrogen) atoms. The number of hydrogen-bond acceptors (Lipinski definition) is 2. The van der Waals surface area contributed by atoms with E-state index in [4.69, 9.17) is 5.11 Å². The maximum absolute atomic E-state index is 13.5. The van der Waals surface area contributed by atoms with Crippen LogP contribution in [0.3, 0.4) is 0 Å². The molecule has 0 heterocycles. The predicted molar refractivity (Wildman–Crippen MR) is 62.6 cm³/mol. The second-order valence-electron chi connectivity index (χ2n) is 3.85. The summed E-state index contributed by atoms with van der Waals surface area (Å²) in [6.45, 7) is 0.843. The summed E-state index contributed by atoms with van der Waals surface area (Å²) in [5.74, 6) is -0.522. The van der Waals surface area contributed by atoms with E-state index in [-0.39, 0.29) is 5.56 Å². The zero-order valence-corrected chi connectivity index (χ0v) is 11.0. The molecule has 0 aromatic heterocycles. The molecule has 0 aliphatic carbocycles. The van der Waals surface area contributed by atoms with Gasteiger partial charge >= 0.3 is 6.18 Å². The SMILES string of the molecule is CC(NCC(O)C(F)(F)F)c1ccc(Br)cc1F. The van der Waals surface area contributed by atoms with Gasteiger partial charge in [0.2, 0.25) is 0 Å². The highest BCUT2D eigenvalue weighted by molar-refractivity contribution is 9.10. The van der Waals surface area contributed by atoms with Gasteiger partial charge in [-0.1, -0.05) is 22.0 Å². The summed E-state index contributed by atoms with van der Waals surface area (Å²) < 4.78 is 50.2. The number of aliphatic hydroxyl groups excluding tert-OH is 1. The number of aliphatic hydroxyl groups is 1. The minimum absolute atomic E-state index is 0.243. The molecule has 0 saturated carbocycles. The molecular formula is C11H12BrF4NO. The Morgan fingerprint density at radius 3 is 2.50 bits per heavy atom. The highest BCUT2D eigenvalue weighted by Crippen LogP contribution is 2.23. The molecule has 102 valence electrons. The van der Waals surface area contributed by atoms with Crippen LogP contribution in [0.15, 0.2) is 22.7 Å². The van der Waals surface area contributed by atoms with Gasteiger partial charge in [-0.3, -0.25) is 0 Å². The number of halogens is 5. The first-order chi connectivity index (χ1) is 8.21. The molecule has 1 aromatic carbocycles. The molecule has 0 fully saturated rings. The minimum atomic E-state index is -4.68. The van der Waals surface area contributed by atoms with Crippen LogP contribution in [0.4, 0.5) is 17.6 Å². The third-order valence-electron chi connectivity index (χ3n) is 2.42. The van der Waals surface area contributed by atoms with Crippen LogP contribution in [-0.2, 0) is 0 Å². The molecule has 0 saturated heterocycles. The van der Waals surface area contributed by atoms with E-state index in [1.807, 2.05) is 0 Å². The van der Waals surface area contributed by atoms with E-state index in [0.717, 1.165) is 0 Å². The second kappa shape index (κ2) is 5.99. The molecule has 1 rings (SSSR count). The lowest BCUT2D eigenvalue weighted by Gasteiger charge is -2.19. The van der Waals surface area contributed by atoms with Crippen LogP contribution in [0.2, 0.25) is 0 Å². The molecular weight excluding hydrogens is 318 g/mol. The van der Waals surface area contributed by atoms with Crippen LogP contribution in [0.25, 0.3) is 0 Å². The van der Waals surface area contributed by atoms with Crippen LogP contribution in [0.5, 0.6) is 0 Å². The van der Waals surface area contributed by atoms with E-state index in [1.165, 1.54) is 19.1 Å². The molecule has 2 N–H and O–H groups in total. The first-order valence-electron chi connectivity index (χ1n) is 5.15. The van der Waals surface area contributed by atoms with E-state index in [2.05, 4.69) is 21.2 Å². The molecule has 0 amide bonds. The van der Waals surface area contributed by atoms with Gasteiger partial charge in [-0.05, 0) is 19.1 Å². The third kappa shape index (κ3) is 4.22. The van der Waals surface area contributed by atoms with Crippen LogP contribution in [-0.4, -0.2) is 23.9 Å². The Morgan fingerprint density at radius 1 is 1.39 bits per heavy atom. The molecule has 0 aliphatic rings. The molecule has 0 bridgehead atoms. The van der Waals surface area contributed by atoms with Crippen molar-refractivity contribution in [3.63, 3.8) is 0 Å². The molecule has 2 unspecified atom stereocenters. The average molecular weight is 330 g/mol. The van der Waals surface area contributed by atoms with Crippen molar-refractivity contribution in [2.75, 3.05) is 6.54 Å². The Kier molecular flexibility index (Phi) is 5.12. The van der Waals surface area contributed by atoms with Crippen molar-refractivity contribution in [1.29, 1.82) is 0 Å². The number of alkyl halides is 3. The molecule has 0 radical (unpaired) electrons. The smallest absolute Gasteiger partial charge is 0.382 e. The van der Waals surface area contributed by atoms with Gasteiger partial charge in [0.25, 0.3) is 0 Å². The Bertz CT molecular complexity index is 411. The van der Waals surface area contributed by atoms with E-state index >= 15 is 0 Å². The number of rotatable bonds is 4. The fourth-order valence-corrected chi connectivity index (χ4v) is 1.70. The first-order valence-corrected chi connectivity index (χ1v) is 5.94. The summed E-state index contributed by atoms with van der Waals surface area (Å²) in [6, 6.07) is 3.66. The predicted octanol–water partition coefficient (Wildman–Crippen LogP) is 3.16. The van der Waals surface area contributed by atoms with Crippen LogP contribution >= 0.6 is 15.9 Å². The maximum Gasteiger partial charge on any atom is 0.415 e. The Balaban J connectivity index is 2.63. The lowest BCUT2D eigenvalue weighted by Crippen LogP contribution is -2.39. The van der Waals surface area contributed by atoms with E-state index in [1.54, 1.807) is 6.07 Å². The van der Waals surface area contributed by atoms with E-state index in [0.29, 0.717) is 4.47 Å². The van der Waals surface area contributed by atoms with Crippen LogP contribution in [0.1, 0.15) is 18.5 Å². The second-order valence-corrected chi connectivity index (χ2v) is 4.77. The quantitative estimate of drug-likeness (QED) is 0.832. The van der Waals surface area contributed by atoms with Crippen molar-refractivity contribution in [2.45, 2.75) is 25.2 Å². The van der Waals surface area contributed by atoms with Gasteiger partial charge in [0.15, 0.2) is 6.10 Å². The Morgan fingerprint density at radius 2 is 2.00 bits per heavy atom. The van der Waals surface area contributed by atoms with Gasteiger partial charge in [-0.15, -0.1) is 0 Å². The number of nitrogens with one attached hydrogen (secondary N) is 1. The first kappa shape index (κ1) is 15.4. The van der Waals surface area contributed by atoms with Crippen molar-refractivity contribution in [3.8, 4) is 0 Å². The van der Waals surface area contributed by atoms with Gasteiger partial charge < -0.3 is 10.4 Å². The highest BCUT2D eigenvalue weighted by Gasteiger charge is 2.38. The fraction of sp³-hybridized carbons (Fsp3) is 0.455. The molecule has 2 nitrogen and oxygen atoms in total. The lowest BCUT2D eigenvalue weighted by atomic mass is 10.1. The zero-order chi connectivity index (χ0) is 13.9. The molecule has 2 atom stereocenters. The standard InChI is InChI=1S/C11H12BrF4NO/c1-6(17-5-10(18)11(14,15)16)8-3-2-7(12)4-9(8)13/h2-4,6,10,17-18H,5H2,1H3. The Hall–Kier alpha value is -0.660. The minimum Gasteiger partial charge on any atom is -0.382 e. The van der Waals surface area contributed by atoms with Gasteiger partial charge in [-0.25, -0.2) is 4.39 Å². The molecule has 7 heteroatoms. The van der Waals surface area contributed by atoms with Gasteiger partial charge in [0.1, 0.15) is 5.82 Å². The van der Waals surface area contributed by atoms with Crippen LogP contribution < -0.4 is 5.32 Å². The summed E-state index contributed by atoms with van der Waals surface area (Å²) in [5.41, 5.74) is 0.243. The van der Waals surface area contributed by atoms with Crippen molar-refractivity contribution in [1.82, 2.24) is 5.32 Å². The van der Waals surface area contributed by atoms with Crippen molar-refractivity contribution in [3.05, 3.63) is 34.1 Å². The molecule has 0 spiro atoms. The normalized spacial score (nSPS) is 15.5. The van der Waals surface area contributed by atoms with Crippen LogP contribution in [0, 0.1) is 5.82 Å². The fourth-order valence-electron chi connectivity index (χ4n) is 1.37. The summed E-state index contributed by atoms with van der Waals surface area (Å²) >= 11 is 3.08. The van der Waals surface area contributed by atoms with Gasteiger partial charge in [0.05, 0.1) is 0 Å². The van der Waals surface area contributed by atoms with Gasteiger partial charge in [0, 0.05) is 22.6 Å². The highest BCUT2D eigenvalue weighted by atomic mass is 79.9. The van der Waals surface area contributed by atoms with E-state index < -0.39 is 30.7 Å². The summed E-state index contributed by atoms with van der Waals surface area (Å²) in [6.07, 6.45) is -7.14. The van der Waals surface area contributed by atoms with E-state index in [9.17, 15) is 17.6 Å². The van der Waals surface area contributed by atoms with Crippen molar-refractivity contribution in [2.24, 2.45) is 0 Å². The topological polar surface area (TPSA) is 32.3 Å². The monoisotopic (exact) mass is 329 g/mol.